The molecule has 12 heteroatoms. The lowest BCUT2D eigenvalue weighted by Gasteiger charge is -2.42. The number of nitrogens with one attached hydrogen (secondary N) is 1. The molecule has 3 aliphatic rings. The molecule has 2 aromatic rings. The number of likely N-dealkylation sites (tertiary alicyclic amines) is 2. The molecule has 47 heavy (non-hydrogen) atoms. The van der Waals surface area contributed by atoms with Crippen LogP contribution >= 0.6 is 11.6 Å². The number of carbonyl (C=O) groups is 3. The minimum atomic E-state index is -5.15. The summed E-state index contributed by atoms with van der Waals surface area (Å²) in [6.45, 7) is 8.80. The highest BCUT2D eigenvalue weighted by Gasteiger charge is 2.62. The van der Waals surface area contributed by atoms with Crippen LogP contribution in [0.5, 0.6) is 0 Å². The van der Waals surface area contributed by atoms with Crippen molar-refractivity contribution in [2.24, 2.45) is 17.3 Å². The second-order valence-electron chi connectivity index (χ2n) is 14.4. The maximum atomic E-state index is 14.0. The van der Waals surface area contributed by atoms with Crippen LogP contribution in [-0.4, -0.2) is 84.1 Å². The quantitative estimate of drug-likeness (QED) is 0.397. The van der Waals surface area contributed by atoms with Crippen molar-refractivity contribution in [2.45, 2.75) is 70.7 Å². The fraction of sp³-hybridized carbons (Fsp3) is 0.571. The van der Waals surface area contributed by atoms with E-state index in [1.54, 1.807) is 11.0 Å². The molecule has 0 aromatic heterocycles. The van der Waals surface area contributed by atoms with E-state index in [-0.39, 0.29) is 42.3 Å². The number of hydrogen-bond donors (Lipinski definition) is 2. The van der Waals surface area contributed by atoms with Crippen molar-refractivity contribution in [1.29, 1.82) is 0 Å². The van der Waals surface area contributed by atoms with Gasteiger partial charge >= 0.3 is 6.18 Å². The van der Waals surface area contributed by atoms with Gasteiger partial charge in [-0.2, -0.15) is 13.2 Å². The Morgan fingerprint density at radius 2 is 1.45 bits per heavy atom. The van der Waals surface area contributed by atoms with E-state index in [1.807, 2.05) is 32.9 Å². The summed E-state index contributed by atoms with van der Waals surface area (Å²) < 4.78 is 42.1. The average molecular weight is 677 g/mol. The Morgan fingerprint density at radius 3 is 1.98 bits per heavy atom. The van der Waals surface area contributed by atoms with E-state index in [2.05, 4.69) is 10.2 Å². The summed E-state index contributed by atoms with van der Waals surface area (Å²) in [4.78, 5) is 43.4. The normalized spacial score (nSPS) is 20.0. The largest absolute Gasteiger partial charge is 0.430 e. The molecule has 3 aliphatic heterocycles. The molecule has 0 aliphatic carbocycles. The summed E-state index contributed by atoms with van der Waals surface area (Å²) in [5, 5.41) is 14.1. The highest BCUT2D eigenvalue weighted by molar-refractivity contribution is 6.34. The first kappa shape index (κ1) is 35.0. The zero-order valence-electron chi connectivity index (χ0n) is 27.2. The van der Waals surface area contributed by atoms with E-state index >= 15 is 0 Å². The zero-order valence-corrected chi connectivity index (χ0v) is 27.9. The van der Waals surface area contributed by atoms with Gasteiger partial charge < -0.3 is 25.1 Å². The van der Waals surface area contributed by atoms with E-state index in [4.69, 9.17) is 11.6 Å². The Balaban J connectivity index is 1.10. The van der Waals surface area contributed by atoms with Gasteiger partial charge in [0, 0.05) is 56.9 Å². The minimum Gasteiger partial charge on any atom is -0.371 e. The predicted octanol–water partition coefficient (Wildman–Crippen LogP) is 5.62. The number of carbonyl (C=O) groups excluding carboxylic acids is 3. The fourth-order valence-electron chi connectivity index (χ4n) is 7.06. The van der Waals surface area contributed by atoms with Gasteiger partial charge in [-0.1, -0.05) is 62.7 Å². The molecular formula is C35H44ClF3N4O4. The van der Waals surface area contributed by atoms with Crippen molar-refractivity contribution in [3.8, 4) is 0 Å². The molecule has 8 nitrogen and oxygen atoms in total. The smallest absolute Gasteiger partial charge is 0.371 e. The van der Waals surface area contributed by atoms with Crippen molar-refractivity contribution in [2.75, 3.05) is 44.2 Å². The molecule has 5 rings (SSSR count). The standard InChI is InChI=1S/C35H44ClF3N4O4/c1-33(2,3)20-30(44)40-26-21-43(22-26)31(45)28-10-9-27(19-29(28)36)41-15-11-23(12-16-41)24-13-17-42(18-14-24)32(46)34(47,35(37,38)39)25-7-5-4-6-8-25/h4-10,19,23-24,26,47H,11-18,20-22H2,1-3H3,(H,40,44)/t34-/m1/s1. The van der Waals surface area contributed by atoms with E-state index in [9.17, 15) is 32.7 Å². The van der Waals surface area contributed by atoms with Crippen molar-refractivity contribution in [3.05, 3.63) is 64.7 Å². The number of aliphatic hydroxyl groups is 1. The third-order valence-corrected chi connectivity index (χ3v) is 10.0. The Hall–Kier alpha value is -3.31. The molecule has 3 heterocycles. The third-order valence-electron chi connectivity index (χ3n) is 9.72. The second-order valence-corrected chi connectivity index (χ2v) is 14.8. The Kier molecular flexibility index (Phi) is 10.2. The number of halogens is 4. The molecular weight excluding hydrogens is 633 g/mol. The van der Waals surface area contributed by atoms with Gasteiger partial charge in [-0.25, -0.2) is 0 Å². The second kappa shape index (κ2) is 13.7. The van der Waals surface area contributed by atoms with Gasteiger partial charge in [0.1, 0.15) is 0 Å². The lowest BCUT2D eigenvalue weighted by molar-refractivity contribution is -0.262. The third kappa shape index (κ3) is 7.72. The van der Waals surface area contributed by atoms with Gasteiger partial charge in [0.15, 0.2) is 0 Å². The van der Waals surface area contributed by atoms with Crippen molar-refractivity contribution >= 4 is 35.0 Å². The molecule has 3 saturated heterocycles. The fourth-order valence-corrected chi connectivity index (χ4v) is 7.32. The Morgan fingerprint density at radius 1 is 0.872 bits per heavy atom. The summed E-state index contributed by atoms with van der Waals surface area (Å²) in [6, 6.07) is 12.0. The summed E-state index contributed by atoms with van der Waals surface area (Å²) in [5.41, 5.74) is -2.80. The molecule has 2 aromatic carbocycles. The number of nitrogens with zero attached hydrogens (tertiary/aromatic N) is 3. The molecule has 0 saturated carbocycles. The van der Waals surface area contributed by atoms with Crippen molar-refractivity contribution < 1.29 is 32.7 Å². The molecule has 1 atom stereocenters. The number of hydrogen-bond acceptors (Lipinski definition) is 5. The SMILES string of the molecule is CC(C)(C)CC(=O)NC1CN(C(=O)c2ccc(N3CCC(C4CCN(C(=O)[C@](O)(c5ccccc5)C(F)(F)F)CC4)CC3)cc2Cl)C1. The van der Waals surface area contributed by atoms with Crippen LogP contribution in [0.15, 0.2) is 48.5 Å². The summed E-state index contributed by atoms with van der Waals surface area (Å²) in [7, 11) is 0. The van der Waals surface area contributed by atoms with Crippen LogP contribution in [0.4, 0.5) is 18.9 Å². The number of anilines is 1. The zero-order chi connectivity index (χ0) is 34.1. The van der Waals surface area contributed by atoms with Crippen LogP contribution in [0.1, 0.15) is 68.8 Å². The Bertz CT molecular complexity index is 1440. The first-order chi connectivity index (χ1) is 22.1. The highest BCUT2D eigenvalue weighted by atomic mass is 35.5. The van der Waals surface area contributed by atoms with E-state index in [0.29, 0.717) is 48.9 Å². The van der Waals surface area contributed by atoms with Crippen LogP contribution in [0, 0.1) is 17.3 Å². The van der Waals surface area contributed by atoms with Crippen LogP contribution < -0.4 is 10.2 Å². The monoisotopic (exact) mass is 676 g/mol. The number of rotatable bonds is 7. The van der Waals surface area contributed by atoms with Crippen molar-refractivity contribution in [3.63, 3.8) is 0 Å². The van der Waals surface area contributed by atoms with Crippen LogP contribution in [0.3, 0.4) is 0 Å². The minimum absolute atomic E-state index is 0.0150. The first-order valence-corrected chi connectivity index (χ1v) is 16.7. The van der Waals surface area contributed by atoms with Gasteiger partial charge in [0.25, 0.3) is 17.4 Å². The van der Waals surface area contributed by atoms with Gasteiger partial charge in [-0.15, -0.1) is 0 Å². The van der Waals surface area contributed by atoms with E-state index in [1.165, 1.54) is 18.2 Å². The van der Waals surface area contributed by atoms with Crippen LogP contribution in [-0.2, 0) is 15.2 Å². The molecule has 0 spiro atoms. The number of piperidine rings is 2. The lowest BCUT2D eigenvalue weighted by atomic mass is 9.78. The molecule has 256 valence electrons. The molecule has 2 N–H and O–H groups in total. The average Bonchev–Trinajstić information content (AvgIpc) is 3.00. The molecule has 0 bridgehead atoms. The Labute approximate surface area is 279 Å². The summed E-state index contributed by atoms with van der Waals surface area (Å²) in [6.07, 6.45) is -1.77. The maximum absolute atomic E-state index is 14.0. The lowest BCUT2D eigenvalue weighted by Crippen LogP contribution is -2.61. The van der Waals surface area contributed by atoms with Gasteiger partial charge in [-0.05, 0) is 61.1 Å². The predicted molar refractivity (Wildman–Crippen MR) is 174 cm³/mol. The van der Waals surface area contributed by atoms with Crippen LogP contribution in [0.25, 0.3) is 0 Å². The summed E-state index contributed by atoms with van der Waals surface area (Å²) in [5.74, 6) is -0.847. The highest BCUT2D eigenvalue weighted by Crippen LogP contribution is 2.42. The molecule has 3 fully saturated rings. The molecule has 3 amide bonds. The van der Waals surface area contributed by atoms with Gasteiger partial charge in [0.2, 0.25) is 5.91 Å². The first-order valence-electron chi connectivity index (χ1n) is 16.3. The van der Waals surface area contributed by atoms with Crippen molar-refractivity contribution in [1.82, 2.24) is 15.1 Å². The van der Waals surface area contributed by atoms with E-state index < -0.39 is 23.2 Å². The molecule has 0 unspecified atom stereocenters. The van der Waals surface area contributed by atoms with Gasteiger partial charge in [0.05, 0.1) is 16.6 Å². The maximum Gasteiger partial charge on any atom is 0.430 e. The summed E-state index contributed by atoms with van der Waals surface area (Å²) >= 11 is 6.59. The van der Waals surface area contributed by atoms with E-state index in [0.717, 1.165) is 48.7 Å². The number of amides is 3. The van der Waals surface area contributed by atoms with Gasteiger partial charge in [-0.3, -0.25) is 14.4 Å². The topological polar surface area (TPSA) is 93.2 Å². The van der Waals surface area contributed by atoms with Crippen LogP contribution in [0.2, 0.25) is 5.02 Å². The number of benzene rings is 2. The number of alkyl halides is 3. The molecule has 0 radical (unpaired) electrons.